The zero-order chi connectivity index (χ0) is 13.0. The lowest BCUT2D eigenvalue weighted by Gasteiger charge is -2.14. The van der Waals surface area contributed by atoms with Crippen molar-refractivity contribution in [3.63, 3.8) is 0 Å². The highest BCUT2D eigenvalue weighted by Crippen LogP contribution is 2.24. The summed E-state index contributed by atoms with van der Waals surface area (Å²) in [5, 5.41) is 8.62. The molecule has 1 N–H and O–H groups in total. The second-order valence-corrected chi connectivity index (χ2v) is 5.73. The minimum Gasteiger partial charge on any atom is -0.345 e. The van der Waals surface area contributed by atoms with Crippen molar-refractivity contribution in [2.24, 2.45) is 0 Å². The standard InChI is InChI=1S/C12H18N4S2/c1-4-13-9(2)11-7-18-12(15-11)16(3)5-10-6-17-8-14-10/h6-9,13H,4-5H2,1-3H3. The quantitative estimate of drug-likeness (QED) is 0.884. The summed E-state index contributed by atoms with van der Waals surface area (Å²) in [7, 11) is 2.06. The van der Waals surface area contributed by atoms with Crippen LogP contribution in [0, 0.1) is 0 Å². The van der Waals surface area contributed by atoms with E-state index in [1.165, 1.54) is 0 Å². The topological polar surface area (TPSA) is 41.0 Å². The zero-order valence-electron chi connectivity index (χ0n) is 10.9. The monoisotopic (exact) mass is 282 g/mol. The third kappa shape index (κ3) is 3.28. The molecule has 4 nitrogen and oxygen atoms in total. The van der Waals surface area contributed by atoms with E-state index >= 15 is 0 Å². The Morgan fingerprint density at radius 1 is 1.44 bits per heavy atom. The summed E-state index contributed by atoms with van der Waals surface area (Å²) in [4.78, 5) is 11.1. The molecule has 0 aliphatic heterocycles. The number of nitrogens with zero attached hydrogens (tertiary/aromatic N) is 3. The molecule has 0 saturated carbocycles. The number of nitrogens with one attached hydrogen (secondary N) is 1. The Bertz CT molecular complexity index is 466. The Labute approximate surface area is 116 Å². The van der Waals surface area contributed by atoms with Crippen LogP contribution in [0.15, 0.2) is 16.3 Å². The first kappa shape index (κ1) is 13.5. The molecule has 2 heterocycles. The second-order valence-electron chi connectivity index (χ2n) is 4.17. The molecule has 0 spiro atoms. The van der Waals surface area contributed by atoms with Gasteiger partial charge in [0.05, 0.1) is 23.4 Å². The smallest absolute Gasteiger partial charge is 0.185 e. The van der Waals surface area contributed by atoms with Crippen molar-refractivity contribution in [2.75, 3.05) is 18.5 Å². The molecule has 1 atom stereocenters. The summed E-state index contributed by atoms with van der Waals surface area (Å²) in [6.07, 6.45) is 0. The van der Waals surface area contributed by atoms with Crippen LogP contribution in [0.3, 0.4) is 0 Å². The van der Waals surface area contributed by atoms with Gasteiger partial charge in [-0.05, 0) is 13.5 Å². The molecule has 0 aliphatic rings. The van der Waals surface area contributed by atoms with E-state index in [2.05, 4.69) is 51.8 Å². The van der Waals surface area contributed by atoms with E-state index in [0.29, 0.717) is 6.04 Å². The van der Waals surface area contributed by atoms with Crippen LogP contribution in [0.1, 0.15) is 31.3 Å². The van der Waals surface area contributed by atoms with E-state index in [4.69, 9.17) is 0 Å². The van der Waals surface area contributed by atoms with Gasteiger partial charge in [-0.3, -0.25) is 0 Å². The van der Waals surface area contributed by atoms with Crippen LogP contribution in [-0.4, -0.2) is 23.6 Å². The number of hydrogen-bond donors (Lipinski definition) is 1. The molecular weight excluding hydrogens is 264 g/mol. The molecule has 0 aliphatic carbocycles. The molecule has 0 fully saturated rings. The summed E-state index contributed by atoms with van der Waals surface area (Å²) >= 11 is 3.31. The van der Waals surface area contributed by atoms with Gasteiger partial charge >= 0.3 is 0 Å². The van der Waals surface area contributed by atoms with E-state index in [1.54, 1.807) is 22.7 Å². The third-order valence-electron chi connectivity index (χ3n) is 2.67. The van der Waals surface area contributed by atoms with Gasteiger partial charge in [-0.25, -0.2) is 9.97 Å². The van der Waals surface area contributed by atoms with Crippen LogP contribution in [-0.2, 0) is 6.54 Å². The van der Waals surface area contributed by atoms with Gasteiger partial charge in [-0.15, -0.1) is 22.7 Å². The van der Waals surface area contributed by atoms with Crippen molar-refractivity contribution in [1.82, 2.24) is 15.3 Å². The number of hydrogen-bond acceptors (Lipinski definition) is 6. The average molecular weight is 282 g/mol. The lowest BCUT2D eigenvalue weighted by atomic mass is 10.3. The Morgan fingerprint density at radius 3 is 2.94 bits per heavy atom. The molecule has 0 amide bonds. The normalized spacial score (nSPS) is 12.6. The molecule has 0 saturated heterocycles. The molecule has 6 heteroatoms. The van der Waals surface area contributed by atoms with E-state index in [0.717, 1.165) is 29.6 Å². The highest BCUT2D eigenvalue weighted by atomic mass is 32.1. The minimum atomic E-state index is 0.313. The largest absolute Gasteiger partial charge is 0.345 e. The number of rotatable bonds is 6. The molecule has 2 aromatic heterocycles. The van der Waals surface area contributed by atoms with Gasteiger partial charge in [0, 0.05) is 23.8 Å². The summed E-state index contributed by atoms with van der Waals surface area (Å²) in [6, 6.07) is 0.313. The Morgan fingerprint density at radius 2 is 2.28 bits per heavy atom. The van der Waals surface area contributed by atoms with E-state index in [1.807, 2.05) is 5.51 Å². The van der Waals surface area contributed by atoms with Gasteiger partial charge < -0.3 is 10.2 Å². The summed E-state index contributed by atoms with van der Waals surface area (Å²) in [6.45, 7) is 6.02. The van der Waals surface area contributed by atoms with Crippen molar-refractivity contribution in [3.8, 4) is 0 Å². The van der Waals surface area contributed by atoms with Crippen LogP contribution in [0.5, 0.6) is 0 Å². The second kappa shape index (κ2) is 6.26. The lowest BCUT2D eigenvalue weighted by molar-refractivity contribution is 0.586. The molecular formula is C12H18N4S2. The van der Waals surface area contributed by atoms with Crippen molar-refractivity contribution >= 4 is 27.8 Å². The fraction of sp³-hybridized carbons (Fsp3) is 0.500. The Hall–Kier alpha value is -0.980. The summed E-state index contributed by atoms with van der Waals surface area (Å²) in [5.74, 6) is 0. The number of aromatic nitrogens is 2. The van der Waals surface area contributed by atoms with Crippen LogP contribution in [0.25, 0.3) is 0 Å². The van der Waals surface area contributed by atoms with E-state index in [9.17, 15) is 0 Å². The van der Waals surface area contributed by atoms with Crippen LogP contribution < -0.4 is 10.2 Å². The highest BCUT2D eigenvalue weighted by Gasteiger charge is 2.12. The maximum absolute atomic E-state index is 4.67. The minimum absolute atomic E-state index is 0.313. The molecule has 0 aromatic carbocycles. The van der Waals surface area contributed by atoms with E-state index in [-0.39, 0.29) is 0 Å². The molecule has 0 radical (unpaired) electrons. The zero-order valence-corrected chi connectivity index (χ0v) is 12.5. The predicted molar refractivity (Wildman–Crippen MR) is 78.4 cm³/mol. The molecule has 98 valence electrons. The average Bonchev–Trinajstić information content (AvgIpc) is 2.99. The fourth-order valence-electron chi connectivity index (χ4n) is 1.69. The molecule has 1 unspecified atom stereocenters. The summed E-state index contributed by atoms with van der Waals surface area (Å²) < 4.78 is 0. The molecule has 18 heavy (non-hydrogen) atoms. The van der Waals surface area contributed by atoms with E-state index < -0.39 is 0 Å². The van der Waals surface area contributed by atoms with Crippen molar-refractivity contribution in [3.05, 3.63) is 27.7 Å². The van der Waals surface area contributed by atoms with Crippen LogP contribution >= 0.6 is 22.7 Å². The van der Waals surface area contributed by atoms with Crippen LogP contribution in [0.4, 0.5) is 5.13 Å². The fourth-order valence-corrected chi connectivity index (χ4v) is 3.12. The maximum atomic E-state index is 4.67. The molecule has 2 aromatic rings. The first-order chi connectivity index (χ1) is 8.70. The SMILES string of the molecule is CCNC(C)c1csc(N(C)Cc2cscn2)n1. The molecule has 2 rings (SSSR count). The first-order valence-corrected chi connectivity index (χ1v) is 7.80. The Balaban J connectivity index is 2.00. The van der Waals surface area contributed by atoms with Crippen molar-refractivity contribution < 1.29 is 0 Å². The maximum Gasteiger partial charge on any atom is 0.185 e. The Kier molecular flexibility index (Phi) is 4.68. The van der Waals surface area contributed by atoms with Crippen molar-refractivity contribution in [2.45, 2.75) is 26.4 Å². The van der Waals surface area contributed by atoms with Gasteiger partial charge in [0.1, 0.15) is 0 Å². The van der Waals surface area contributed by atoms with Gasteiger partial charge in [0.2, 0.25) is 0 Å². The highest BCUT2D eigenvalue weighted by molar-refractivity contribution is 7.13. The van der Waals surface area contributed by atoms with Crippen LogP contribution in [0.2, 0.25) is 0 Å². The number of thiazole rings is 2. The first-order valence-electron chi connectivity index (χ1n) is 5.97. The summed E-state index contributed by atoms with van der Waals surface area (Å²) in [5.41, 5.74) is 4.07. The van der Waals surface area contributed by atoms with Gasteiger partial charge in [0.25, 0.3) is 0 Å². The number of anilines is 1. The van der Waals surface area contributed by atoms with Gasteiger partial charge in [0.15, 0.2) is 5.13 Å². The third-order valence-corrected chi connectivity index (χ3v) is 4.28. The predicted octanol–water partition coefficient (Wildman–Crippen LogP) is 2.91. The van der Waals surface area contributed by atoms with Gasteiger partial charge in [-0.2, -0.15) is 0 Å². The molecule has 0 bridgehead atoms. The lowest BCUT2D eigenvalue weighted by Crippen LogP contribution is -2.19. The van der Waals surface area contributed by atoms with Crippen molar-refractivity contribution in [1.29, 1.82) is 0 Å². The van der Waals surface area contributed by atoms with Gasteiger partial charge in [-0.1, -0.05) is 6.92 Å².